The van der Waals surface area contributed by atoms with Crippen molar-refractivity contribution < 1.29 is 0 Å². The average Bonchev–Trinajstić information content (AvgIpc) is 2.40. The van der Waals surface area contributed by atoms with Gasteiger partial charge in [-0.2, -0.15) is 0 Å². The van der Waals surface area contributed by atoms with E-state index in [1.807, 2.05) is 0 Å². The maximum absolute atomic E-state index is 6.51. The molecule has 1 aliphatic rings. The van der Waals surface area contributed by atoms with Gasteiger partial charge < -0.3 is 0 Å². The van der Waals surface area contributed by atoms with Crippen LogP contribution in [0.1, 0.15) is 28.5 Å². The third-order valence-electron chi connectivity index (χ3n) is 3.81. The molecule has 0 nitrogen and oxygen atoms in total. The van der Waals surface area contributed by atoms with Gasteiger partial charge in [0.25, 0.3) is 0 Å². The number of halogens is 1. The van der Waals surface area contributed by atoms with Gasteiger partial charge in [-0.1, -0.05) is 54.6 Å². The van der Waals surface area contributed by atoms with Crippen LogP contribution in [0.5, 0.6) is 0 Å². The fourth-order valence-electron chi connectivity index (χ4n) is 2.94. The number of hydrogen-bond donors (Lipinski definition) is 0. The van der Waals surface area contributed by atoms with Crippen LogP contribution in [-0.4, -0.2) is 0 Å². The van der Waals surface area contributed by atoms with E-state index < -0.39 is 0 Å². The van der Waals surface area contributed by atoms with E-state index in [2.05, 4.69) is 54.6 Å². The van der Waals surface area contributed by atoms with Crippen molar-refractivity contribution in [2.24, 2.45) is 5.92 Å². The quantitative estimate of drug-likeness (QED) is 0.679. The number of alkyl halides is 1. The fraction of sp³-hybridized carbons (Fsp3) is 0.294. The molecule has 2 aromatic carbocycles. The minimum Gasteiger partial charge on any atom is -0.118 e. The number of rotatable bonds is 2. The predicted molar refractivity (Wildman–Crippen MR) is 77.0 cm³/mol. The minimum atomic E-state index is 0.184. The van der Waals surface area contributed by atoms with Crippen molar-refractivity contribution in [2.75, 3.05) is 0 Å². The van der Waals surface area contributed by atoms with E-state index in [1.54, 1.807) is 0 Å². The molecule has 2 aromatic rings. The van der Waals surface area contributed by atoms with E-state index in [0.717, 1.165) is 19.3 Å². The molecular weight excluding hydrogens is 240 g/mol. The van der Waals surface area contributed by atoms with E-state index in [4.69, 9.17) is 11.6 Å². The molecule has 3 rings (SSSR count). The highest BCUT2D eigenvalue weighted by molar-refractivity contribution is 6.21. The van der Waals surface area contributed by atoms with Crippen LogP contribution in [0.4, 0.5) is 0 Å². The standard InChI is InChI=1S/C17H17Cl/c18-17-12-14(10-13-6-2-1-3-7-13)11-15-8-4-5-9-16(15)17/h1-9,14,17H,10-12H2. The van der Waals surface area contributed by atoms with Gasteiger partial charge in [0.2, 0.25) is 0 Å². The topological polar surface area (TPSA) is 0 Å². The van der Waals surface area contributed by atoms with E-state index in [0.29, 0.717) is 5.92 Å². The SMILES string of the molecule is ClC1CC(Cc2ccccc2)Cc2ccccc21. The lowest BCUT2D eigenvalue weighted by Crippen LogP contribution is -2.18. The lowest BCUT2D eigenvalue weighted by Gasteiger charge is -2.28. The second kappa shape index (κ2) is 5.16. The van der Waals surface area contributed by atoms with Crippen LogP contribution in [0.3, 0.4) is 0 Å². The second-order valence-corrected chi connectivity index (χ2v) is 5.69. The molecule has 92 valence electrons. The average molecular weight is 257 g/mol. The maximum atomic E-state index is 6.51. The Morgan fingerprint density at radius 2 is 1.67 bits per heavy atom. The predicted octanol–water partition coefficient (Wildman–Crippen LogP) is 4.77. The van der Waals surface area contributed by atoms with E-state index in [-0.39, 0.29) is 5.38 Å². The summed E-state index contributed by atoms with van der Waals surface area (Å²) in [5, 5.41) is 0.184. The molecule has 0 saturated carbocycles. The summed E-state index contributed by atoms with van der Waals surface area (Å²) in [6, 6.07) is 19.3. The van der Waals surface area contributed by atoms with Gasteiger partial charge in [-0.3, -0.25) is 0 Å². The first-order chi connectivity index (χ1) is 8.83. The Kier molecular flexibility index (Phi) is 3.38. The molecule has 1 heteroatoms. The Labute approximate surface area is 114 Å². The molecule has 0 aliphatic heterocycles. The summed E-state index contributed by atoms with van der Waals surface area (Å²) in [7, 11) is 0. The molecule has 0 radical (unpaired) electrons. The highest BCUT2D eigenvalue weighted by atomic mass is 35.5. The van der Waals surface area contributed by atoms with E-state index in [1.165, 1.54) is 16.7 Å². The van der Waals surface area contributed by atoms with Gasteiger partial charge in [-0.05, 0) is 41.9 Å². The van der Waals surface area contributed by atoms with Gasteiger partial charge in [0.15, 0.2) is 0 Å². The Bertz CT molecular complexity index is 518. The van der Waals surface area contributed by atoms with Crippen molar-refractivity contribution in [3.05, 3.63) is 71.3 Å². The Hall–Kier alpha value is -1.27. The first-order valence-electron chi connectivity index (χ1n) is 6.59. The lowest BCUT2D eigenvalue weighted by molar-refractivity contribution is 0.448. The number of hydrogen-bond acceptors (Lipinski definition) is 0. The molecule has 0 heterocycles. The summed E-state index contributed by atoms with van der Waals surface area (Å²) < 4.78 is 0. The van der Waals surface area contributed by atoms with Gasteiger partial charge in [-0.25, -0.2) is 0 Å². The van der Waals surface area contributed by atoms with Gasteiger partial charge in [0.05, 0.1) is 5.38 Å². The van der Waals surface area contributed by atoms with Crippen molar-refractivity contribution in [3.63, 3.8) is 0 Å². The zero-order valence-corrected chi connectivity index (χ0v) is 11.1. The summed E-state index contributed by atoms with van der Waals surface area (Å²) in [6.45, 7) is 0. The summed E-state index contributed by atoms with van der Waals surface area (Å²) in [6.07, 6.45) is 3.39. The number of benzene rings is 2. The van der Waals surface area contributed by atoms with Crippen molar-refractivity contribution in [3.8, 4) is 0 Å². The summed E-state index contributed by atoms with van der Waals surface area (Å²) >= 11 is 6.51. The minimum absolute atomic E-state index is 0.184. The third-order valence-corrected chi connectivity index (χ3v) is 4.22. The maximum Gasteiger partial charge on any atom is 0.0590 e. The molecule has 18 heavy (non-hydrogen) atoms. The van der Waals surface area contributed by atoms with Gasteiger partial charge >= 0.3 is 0 Å². The zero-order valence-electron chi connectivity index (χ0n) is 10.4. The molecular formula is C17H17Cl. The van der Waals surface area contributed by atoms with Gasteiger partial charge in [-0.15, -0.1) is 11.6 Å². The normalized spacial score (nSPS) is 22.5. The first kappa shape index (κ1) is 11.8. The molecule has 0 aromatic heterocycles. The largest absolute Gasteiger partial charge is 0.118 e. The van der Waals surface area contributed by atoms with Crippen LogP contribution in [0.25, 0.3) is 0 Å². The van der Waals surface area contributed by atoms with Gasteiger partial charge in [0.1, 0.15) is 0 Å². The van der Waals surface area contributed by atoms with Crippen molar-refractivity contribution >= 4 is 11.6 Å². The Morgan fingerprint density at radius 1 is 0.944 bits per heavy atom. The highest BCUT2D eigenvalue weighted by Crippen LogP contribution is 2.38. The molecule has 2 atom stereocenters. The Balaban J connectivity index is 1.78. The van der Waals surface area contributed by atoms with Crippen molar-refractivity contribution in [1.29, 1.82) is 0 Å². The second-order valence-electron chi connectivity index (χ2n) is 5.16. The smallest absolute Gasteiger partial charge is 0.0590 e. The summed E-state index contributed by atoms with van der Waals surface area (Å²) in [4.78, 5) is 0. The lowest BCUT2D eigenvalue weighted by atomic mass is 9.80. The zero-order chi connectivity index (χ0) is 12.4. The van der Waals surface area contributed by atoms with Crippen LogP contribution in [0.15, 0.2) is 54.6 Å². The van der Waals surface area contributed by atoms with Crippen LogP contribution >= 0.6 is 11.6 Å². The van der Waals surface area contributed by atoms with Crippen molar-refractivity contribution in [1.82, 2.24) is 0 Å². The van der Waals surface area contributed by atoms with E-state index >= 15 is 0 Å². The third kappa shape index (κ3) is 2.44. The highest BCUT2D eigenvalue weighted by Gasteiger charge is 2.25. The molecule has 2 unspecified atom stereocenters. The summed E-state index contributed by atoms with van der Waals surface area (Å²) in [5.41, 5.74) is 4.19. The molecule has 0 N–H and O–H groups in total. The Morgan fingerprint density at radius 3 is 2.50 bits per heavy atom. The van der Waals surface area contributed by atoms with Crippen LogP contribution in [0.2, 0.25) is 0 Å². The van der Waals surface area contributed by atoms with Crippen LogP contribution in [0, 0.1) is 5.92 Å². The van der Waals surface area contributed by atoms with Gasteiger partial charge in [0, 0.05) is 0 Å². The molecule has 0 bridgehead atoms. The van der Waals surface area contributed by atoms with Crippen LogP contribution < -0.4 is 0 Å². The molecule has 0 spiro atoms. The van der Waals surface area contributed by atoms with Crippen LogP contribution in [-0.2, 0) is 12.8 Å². The molecule has 0 amide bonds. The summed E-state index contributed by atoms with van der Waals surface area (Å²) in [5.74, 6) is 0.671. The fourth-order valence-corrected chi connectivity index (χ4v) is 3.41. The molecule has 0 saturated heterocycles. The molecule has 0 fully saturated rings. The van der Waals surface area contributed by atoms with E-state index in [9.17, 15) is 0 Å². The first-order valence-corrected chi connectivity index (χ1v) is 7.02. The number of fused-ring (bicyclic) bond motifs is 1. The van der Waals surface area contributed by atoms with Crippen molar-refractivity contribution in [2.45, 2.75) is 24.6 Å². The molecule has 1 aliphatic carbocycles. The monoisotopic (exact) mass is 256 g/mol.